The monoisotopic (exact) mass is 316 g/mol. The van der Waals surface area contributed by atoms with E-state index in [2.05, 4.69) is 10.6 Å². The summed E-state index contributed by atoms with van der Waals surface area (Å²) in [4.78, 5) is 23.2. The van der Waals surface area contributed by atoms with Gasteiger partial charge in [-0.2, -0.15) is 0 Å². The summed E-state index contributed by atoms with van der Waals surface area (Å²) < 4.78 is 0. The number of halogens is 1. The highest BCUT2D eigenvalue weighted by Crippen LogP contribution is 2.14. The van der Waals surface area contributed by atoms with Gasteiger partial charge in [-0.05, 0) is 30.7 Å². The second kappa shape index (κ2) is 7.73. The van der Waals surface area contributed by atoms with Gasteiger partial charge in [0.05, 0.1) is 6.54 Å². The number of rotatable bonds is 6. The van der Waals surface area contributed by atoms with Crippen LogP contribution in [0.5, 0.6) is 0 Å². The van der Waals surface area contributed by atoms with E-state index in [0.29, 0.717) is 22.8 Å². The van der Waals surface area contributed by atoms with Crippen molar-refractivity contribution in [2.75, 3.05) is 11.9 Å². The van der Waals surface area contributed by atoms with Crippen molar-refractivity contribution in [1.82, 2.24) is 5.32 Å². The van der Waals surface area contributed by atoms with Crippen molar-refractivity contribution in [2.45, 2.75) is 13.5 Å². The first kappa shape index (κ1) is 16.2. The molecule has 0 spiro atoms. The Balaban J connectivity index is 1.84. The van der Waals surface area contributed by atoms with Crippen molar-refractivity contribution in [3.63, 3.8) is 0 Å². The number of anilines is 1. The van der Waals surface area contributed by atoms with E-state index in [0.717, 1.165) is 5.56 Å². The molecule has 2 N–H and O–H groups in total. The molecule has 2 aromatic rings. The summed E-state index contributed by atoms with van der Waals surface area (Å²) in [6.07, 6.45) is 0. The number of hydrogen-bond donors (Lipinski definition) is 2. The zero-order valence-corrected chi connectivity index (χ0v) is 13.0. The second-order valence-electron chi connectivity index (χ2n) is 4.88. The molecule has 2 aromatic carbocycles. The lowest BCUT2D eigenvalue weighted by molar-refractivity contribution is -0.115. The lowest BCUT2D eigenvalue weighted by Gasteiger charge is -2.08. The first-order chi connectivity index (χ1) is 10.6. The number of nitrogens with one attached hydrogen (secondary N) is 2. The molecular weight excluding hydrogens is 300 g/mol. The maximum Gasteiger partial charge on any atom is 0.238 e. The molecule has 0 radical (unpaired) electrons. The summed E-state index contributed by atoms with van der Waals surface area (Å²) in [7, 11) is 0. The van der Waals surface area contributed by atoms with Gasteiger partial charge in [0.2, 0.25) is 5.91 Å². The summed E-state index contributed by atoms with van der Waals surface area (Å²) in [6, 6.07) is 14.3. The van der Waals surface area contributed by atoms with E-state index in [1.165, 1.54) is 6.92 Å². The summed E-state index contributed by atoms with van der Waals surface area (Å²) >= 11 is 6.04. The van der Waals surface area contributed by atoms with Gasteiger partial charge in [-0.15, -0.1) is 0 Å². The third-order valence-electron chi connectivity index (χ3n) is 3.11. The van der Waals surface area contributed by atoms with E-state index in [-0.39, 0.29) is 18.2 Å². The molecule has 22 heavy (non-hydrogen) atoms. The molecule has 0 atom stereocenters. The number of benzene rings is 2. The minimum absolute atomic E-state index is 0.0343. The van der Waals surface area contributed by atoms with Crippen LogP contribution < -0.4 is 10.6 Å². The molecule has 0 saturated carbocycles. The normalized spacial score (nSPS) is 10.3. The molecule has 1 amide bonds. The zero-order chi connectivity index (χ0) is 15.9. The molecule has 114 valence electrons. The van der Waals surface area contributed by atoms with Crippen molar-refractivity contribution in [3.8, 4) is 0 Å². The van der Waals surface area contributed by atoms with E-state index in [1.54, 1.807) is 24.3 Å². The summed E-state index contributed by atoms with van der Waals surface area (Å²) in [5, 5.41) is 6.46. The van der Waals surface area contributed by atoms with Gasteiger partial charge in [0.15, 0.2) is 5.78 Å². The molecule has 0 fully saturated rings. The van der Waals surface area contributed by atoms with Crippen LogP contribution in [0.3, 0.4) is 0 Å². The van der Waals surface area contributed by atoms with Gasteiger partial charge in [-0.1, -0.05) is 41.9 Å². The predicted octanol–water partition coefficient (Wildman–Crippen LogP) is 3.27. The van der Waals surface area contributed by atoms with Crippen LogP contribution in [0.4, 0.5) is 5.69 Å². The molecule has 0 bridgehead atoms. The quantitative estimate of drug-likeness (QED) is 0.804. The molecule has 5 heteroatoms. The largest absolute Gasteiger partial charge is 0.325 e. The Labute approximate surface area is 134 Å². The van der Waals surface area contributed by atoms with Gasteiger partial charge in [0.25, 0.3) is 0 Å². The van der Waals surface area contributed by atoms with E-state index >= 15 is 0 Å². The minimum Gasteiger partial charge on any atom is -0.325 e. The highest BCUT2D eigenvalue weighted by molar-refractivity contribution is 6.31. The van der Waals surface area contributed by atoms with Crippen LogP contribution in [-0.4, -0.2) is 18.2 Å². The van der Waals surface area contributed by atoms with Crippen LogP contribution in [0.1, 0.15) is 22.8 Å². The Morgan fingerprint density at radius 1 is 1.09 bits per heavy atom. The number of hydrogen-bond acceptors (Lipinski definition) is 3. The standard InChI is InChI=1S/C17H17ClN2O2/c1-12(21)13-6-4-7-15(9-13)20-17(22)11-19-10-14-5-2-3-8-16(14)18/h2-9,19H,10-11H2,1H3,(H,20,22). The van der Waals surface area contributed by atoms with Gasteiger partial charge in [0.1, 0.15) is 0 Å². The van der Waals surface area contributed by atoms with Crippen molar-refractivity contribution in [2.24, 2.45) is 0 Å². The maximum atomic E-state index is 11.9. The molecule has 0 unspecified atom stereocenters. The Morgan fingerprint density at radius 2 is 1.86 bits per heavy atom. The molecule has 0 saturated heterocycles. The third kappa shape index (κ3) is 4.69. The number of ketones is 1. The molecule has 2 rings (SSSR count). The summed E-state index contributed by atoms with van der Waals surface area (Å²) in [6.45, 7) is 2.17. The summed E-state index contributed by atoms with van der Waals surface area (Å²) in [5.74, 6) is -0.208. The average Bonchev–Trinajstić information content (AvgIpc) is 2.49. The predicted molar refractivity (Wildman–Crippen MR) is 88.2 cm³/mol. The van der Waals surface area contributed by atoms with E-state index in [9.17, 15) is 9.59 Å². The molecular formula is C17H17ClN2O2. The lowest BCUT2D eigenvalue weighted by atomic mass is 10.1. The van der Waals surface area contributed by atoms with Crippen LogP contribution >= 0.6 is 11.6 Å². The third-order valence-corrected chi connectivity index (χ3v) is 3.48. The highest BCUT2D eigenvalue weighted by atomic mass is 35.5. The van der Waals surface area contributed by atoms with E-state index in [1.807, 2.05) is 24.3 Å². The van der Waals surface area contributed by atoms with Gasteiger partial charge in [0, 0.05) is 22.8 Å². The smallest absolute Gasteiger partial charge is 0.238 e. The molecule has 0 aliphatic rings. The number of carbonyl (C=O) groups is 2. The highest BCUT2D eigenvalue weighted by Gasteiger charge is 2.05. The van der Waals surface area contributed by atoms with Crippen molar-refractivity contribution in [1.29, 1.82) is 0 Å². The fourth-order valence-electron chi connectivity index (χ4n) is 1.97. The SMILES string of the molecule is CC(=O)c1cccc(NC(=O)CNCc2ccccc2Cl)c1. The Kier molecular flexibility index (Phi) is 5.69. The maximum absolute atomic E-state index is 11.9. The fourth-order valence-corrected chi connectivity index (χ4v) is 2.18. The molecule has 0 aliphatic heterocycles. The van der Waals surface area contributed by atoms with E-state index < -0.39 is 0 Å². The fraction of sp³-hybridized carbons (Fsp3) is 0.176. The zero-order valence-electron chi connectivity index (χ0n) is 12.2. The number of amides is 1. The molecule has 4 nitrogen and oxygen atoms in total. The second-order valence-corrected chi connectivity index (χ2v) is 5.29. The first-order valence-corrected chi connectivity index (χ1v) is 7.29. The van der Waals surface area contributed by atoms with Crippen LogP contribution in [0.15, 0.2) is 48.5 Å². The molecule has 0 aliphatic carbocycles. The van der Waals surface area contributed by atoms with Crippen LogP contribution in [0.2, 0.25) is 5.02 Å². The topological polar surface area (TPSA) is 58.2 Å². The first-order valence-electron chi connectivity index (χ1n) is 6.91. The van der Waals surface area contributed by atoms with Crippen LogP contribution in [0, 0.1) is 0 Å². The van der Waals surface area contributed by atoms with E-state index in [4.69, 9.17) is 11.6 Å². The van der Waals surface area contributed by atoms with Crippen molar-refractivity contribution < 1.29 is 9.59 Å². The average molecular weight is 317 g/mol. The number of Topliss-reactive ketones (excluding diaryl/α,β-unsaturated/α-hetero) is 1. The Morgan fingerprint density at radius 3 is 2.59 bits per heavy atom. The molecule has 0 heterocycles. The summed E-state index contributed by atoms with van der Waals surface area (Å²) in [5.41, 5.74) is 2.12. The Bertz CT molecular complexity index is 686. The van der Waals surface area contributed by atoms with Crippen LogP contribution in [-0.2, 0) is 11.3 Å². The molecule has 0 aromatic heterocycles. The Hall–Kier alpha value is -2.17. The van der Waals surface area contributed by atoms with Crippen LogP contribution in [0.25, 0.3) is 0 Å². The minimum atomic E-state index is -0.173. The lowest BCUT2D eigenvalue weighted by Crippen LogP contribution is -2.27. The van der Waals surface area contributed by atoms with Crippen molar-refractivity contribution >= 4 is 29.0 Å². The van der Waals surface area contributed by atoms with Crippen molar-refractivity contribution in [3.05, 3.63) is 64.7 Å². The van der Waals surface area contributed by atoms with Gasteiger partial charge in [-0.25, -0.2) is 0 Å². The van der Waals surface area contributed by atoms with Gasteiger partial charge >= 0.3 is 0 Å². The number of carbonyl (C=O) groups excluding carboxylic acids is 2. The van der Waals surface area contributed by atoms with Gasteiger partial charge in [-0.3, -0.25) is 9.59 Å². The van der Waals surface area contributed by atoms with Gasteiger partial charge < -0.3 is 10.6 Å².